The molecule has 2 heterocycles. The molecule has 126 valence electrons. The molecule has 2 aromatic rings. The maximum absolute atomic E-state index is 12.8. The molecular weight excluding hydrogens is 315 g/mol. The van der Waals surface area contributed by atoms with Crippen LogP contribution in [0, 0.1) is 6.92 Å². The number of furan rings is 1. The molecule has 0 saturated heterocycles. The molecule has 2 rings (SSSR count). The Morgan fingerprint density at radius 3 is 2.61 bits per heavy atom. The van der Waals surface area contributed by atoms with Crippen molar-refractivity contribution in [3.8, 4) is 0 Å². The third-order valence-electron chi connectivity index (χ3n) is 3.21. The van der Waals surface area contributed by atoms with Crippen molar-refractivity contribution in [2.75, 3.05) is 6.54 Å². The van der Waals surface area contributed by atoms with E-state index in [9.17, 15) is 23.1 Å². The molecule has 2 N–H and O–H groups in total. The van der Waals surface area contributed by atoms with Crippen LogP contribution in [0.15, 0.2) is 22.7 Å². The van der Waals surface area contributed by atoms with Gasteiger partial charge in [-0.1, -0.05) is 0 Å². The molecule has 1 atom stereocenters. The number of nitrogens with one attached hydrogen (secondary N) is 1. The van der Waals surface area contributed by atoms with Crippen LogP contribution in [0.25, 0.3) is 0 Å². The number of rotatable bonds is 4. The van der Waals surface area contributed by atoms with Crippen molar-refractivity contribution in [3.05, 3.63) is 41.1 Å². The predicted octanol–water partition coefficient (Wildman–Crippen LogP) is 1.98. The van der Waals surface area contributed by atoms with Gasteiger partial charge < -0.3 is 14.8 Å². The molecule has 9 heteroatoms. The topological polar surface area (TPSA) is 80.3 Å². The smallest absolute Gasteiger partial charge is 0.435 e. The summed E-state index contributed by atoms with van der Waals surface area (Å²) < 4.78 is 44.7. The van der Waals surface area contributed by atoms with Gasteiger partial charge in [-0.05, 0) is 26.0 Å². The molecule has 0 radical (unpaired) electrons. The maximum atomic E-state index is 12.8. The minimum Gasteiger partial charge on any atom is -0.463 e. The monoisotopic (exact) mass is 331 g/mol. The normalized spacial score (nSPS) is 14.6. The van der Waals surface area contributed by atoms with Crippen LogP contribution >= 0.6 is 0 Å². The predicted molar refractivity (Wildman–Crippen MR) is 73.6 cm³/mol. The van der Waals surface area contributed by atoms with Gasteiger partial charge in [0.05, 0.1) is 12.1 Å². The van der Waals surface area contributed by atoms with Crippen molar-refractivity contribution >= 4 is 5.91 Å². The lowest BCUT2D eigenvalue weighted by atomic mass is 10.0. The van der Waals surface area contributed by atoms with Crippen molar-refractivity contribution in [2.24, 2.45) is 7.05 Å². The van der Waals surface area contributed by atoms with E-state index in [0.29, 0.717) is 5.76 Å². The molecule has 0 aliphatic carbocycles. The van der Waals surface area contributed by atoms with E-state index >= 15 is 0 Å². The van der Waals surface area contributed by atoms with Crippen LogP contribution in [0.4, 0.5) is 13.2 Å². The second kappa shape index (κ2) is 5.73. The first-order chi connectivity index (χ1) is 10.5. The van der Waals surface area contributed by atoms with Crippen LogP contribution in [0.1, 0.15) is 34.5 Å². The number of amides is 1. The molecular formula is C14H16F3N3O3. The fourth-order valence-corrected chi connectivity index (χ4v) is 2.02. The Labute approximate surface area is 129 Å². The number of carbonyl (C=O) groups excluding carboxylic acids is 1. The Balaban J connectivity index is 2.14. The summed E-state index contributed by atoms with van der Waals surface area (Å²) in [5.74, 6) is -0.204. The molecule has 0 saturated carbocycles. The van der Waals surface area contributed by atoms with E-state index in [2.05, 4.69) is 10.4 Å². The quantitative estimate of drug-likeness (QED) is 0.898. The van der Waals surface area contributed by atoms with Gasteiger partial charge in [-0.15, -0.1) is 0 Å². The number of aromatic nitrogens is 2. The van der Waals surface area contributed by atoms with E-state index in [4.69, 9.17) is 4.42 Å². The third-order valence-corrected chi connectivity index (χ3v) is 3.21. The number of carbonyl (C=O) groups is 1. The zero-order valence-electron chi connectivity index (χ0n) is 12.7. The van der Waals surface area contributed by atoms with Crippen molar-refractivity contribution in [3.63, 3.8) is 0 Å². The number of nitrogens with zero attached hydrogens (tertiary/aromatic N) is 2. The van der Waals surface area contributed by atoms with Crippen LogP contribution in [-0.4, -0.2) is 27.3 Å². The number of aryl methyl sites for hydroxylation is 2. The largest absolute Gasteiger partial charge is 0.463 e. The number of alkyl halides is 3. The van der Waals surface area contributed by atoms with Crippen molar-refractivity contribution in [1.29, 1.82) is 0 Å². The lowest BCUT2D eigenvalue weighted by Crippen LogP contribution is -2.38. The first-order valence-corrected chi connectivity index (χ1v) is 6.69. The second-order valence-corrected chi connectivity index (χ2v) is 5.43. The first-order valence-electron chi connectivity index (χ1n) is 6.69. The van der Waals surface area contributed by atoms with Gasteiger partial charge in [0.1, 0.15) is 17.1 Å². The van der Waals surface area contributed by atoms with Gasteiger partial charge >= 0.3 is 6.18 Å². The Hall–Kier alpha value is -2.29. The molecule has 2 aromatic heterocycles. The van der Waals surface area contributed by atoms with Gasteiger partial charge in [-0.3, -0.25) is 9.48 Å². The first kappa shape index (κ1) is 17.1. The number of hydrogen-bond donors (Lipinski definition) is 2. The van der Waals surface area contributed by atoms with Crippen LogP contribution in [-0.2, 0) is 18.8 Å². The van der Waals surface area contributed by atoms with Crippen molar-refractivity contribution in [2.45, 2.75) is 25.6 Å². The number of hydrogen-bond acceptors (Lipinski definition) is 4. The Bertz CT molecular complexity index is 716. The fraction of sp³-hybridized carbons (Fsp3) is 0.429. The lowest BCUT2D eigenvalue weighted by molar-refractivity contribution is -0.141. The van der Waals surface area contributed by atoms with Gasteiger partial charge in [0.15, 0.2) is 5.69 Å². The van der Waals surface area contributed by atoms with E-state index in [1.807, 2.05) is 0 Å². The summed E-state index contributed by atoms with van der Waals surface area (Å²) in [5.41, 5.74) is -3.43. The van der Waals surface area contributed by atoms with Crippen LogP contribution < -0.4 is 5.32 Å². The minimum atomic E-state index is -4.74. The highest BCUT2D eigenvalue weighted by atomic mass is 19.4. The fourth-order valence-electron chi connectivity index (χ4n) is 2.02. The number of aliphatic hydroxyl groups is 1. The number of halogens is 3. The average molecular weight is 331 g/mol. The highest BCUT2D eigenvalue weighted by molar-refractivity contribution is 5.95. The maximum Gasteiger partial charge on any atom is 0.435 e. The van der Waals surface area contributed by atoms with E-state index in [1.54, 1.807) is 13.0 Å². The third kappa shape index (κ3) is 3.73. The van der Waals surface area contributed by atoms with Gasteiger partial charge in [0.25, 0.3) is 5.91 Å². The summed E-state index contributed by atoms with van der Waals surface area (Å²) in [6.45, 7) is 2.76. The summed E-state index contributed by atoms with van der Waals surface area (Å²) in [6, 6.07) is 3.17. The molecule has 0 aliphatic rings. The molecule has 1 amide bonds. The average Bonchev–Trinajstić information content (AvgIpc) is 3.02. The second-order valence-electron chi connectivity index (χ2n) is 5.43. The van der Waals surface area contributed by atoms with Gasteiger partial charge in [-0.2, -0.15) is 18.3 Å². The summed E-state index contributed by atoms with van der Waals surface area (Å²) in [4.78, 5) is 12.0. The van der Waals surface area contributed by atoms with Crippen molar-refractivity contribution in [1.82, 2.24) is 15.1 Å². The highest BCUT2D eigenvalue weighted by Gasteiger charge is 2.39. The molecule has 23 heavy (non-hydrogen) atoms. The van der Waals surface area contributed by atoms with E-state index in [-0.39, 0.29) is 12.3 Å². The Morgan fingerprint density at radius 2 is 2.09 bits per heavy atom. The summed E-state index contributed by atoms with van der Waals surface area (Å²) in [7, 11) is 1.29. The standard InChI is InChI=1S/C14H16F3N3O3/c1-8-4-5-10(23-8)13(2,22)7-18-12(21)9-6-20(3)19-11(9)14(15,16)17/h4-6,22H,7H2,1-3H3,(H,18,21). The van der Waals surface area contributed by atoms with Crippen LogP contribution in [0.2, 0.25) is 0 Å². The van der Waals surface area contributed by atoms with Crippen LogP contribution in [0.5, 0.6) is 0 Å². The van der Waals surface area contributed by atoms with E-state index in [1.165, 1.54) is 20.0 Å². The molecule has 6 nitrogen and oxygen atoms in total. The molecule has 0 spiro atoms. The van der Waals surface area contributed by atoms with Crippen molar-refractivity contribution < 1.29 is 27.5 Å². The molecule has 0 aromatic carbocycles. The van der Waals surface area contributed by atoms with E-state index < -0.39 is 28.9 Å². The SMILES string of the molecule is Cc1ccc(C(C)(O)CNC(=O)c2cn(C)nc2C(F)(F)F)o1. The van der Waals surface area contributed by atoms with E-state index in [0.717, 1.165) is 10.9 Å². The lowest BCUT2D eigenvalue weighted by Gasteiger charge is -2.21. The summed E-state index contributed by atoms with van der Waals surface area (Å²) in [6.07, 6.45) is -3.77. The van der Waals surface area contributed by atoms with Crippen LogP contribution in [0.3, 0.4) is 0 Å². The Morgan fingerprint density at radius 1 is 1.43 bits per heavy atom. The molecule has 1 unspecified atom stereocenters. The van der Waals surface area contributed by atoms with Gasteiger partial charge in [0, 0.05) is 13.2 Å². The Kier molecular flexibility index (Phi) is 4.25. The minimum absolute atomic E-state index is 0.206. The highest BCUT2D eigenvalue weighted by Crippen LogP contribution is 2.30. The van der Waals surface area contributed by atoms with Gasteiger partial charge in [-0.25, -0.2) is 0 Å². The zero-order valence-corrected chi connectivity index (χ0v) is 12.7. The summed E-state index contributed by atoms with van der Waals surface area (Å²) in [5, 5.41) is 15.8. The molecule has 0 fully saturated rings. The van der Waals surface area contributed by atoms with Gasteiger partial charge in [0.2, 0.25) is 0 Å². The molecule has 0 bridgehead atoms. The molecule has 0 aliphatic heterocycles. The summed E-state index contributed by atoms with van der Waals surface area (Å²) >= 11 is 0. The zero-order chi connectivity index (χ0) is 17.4.